The average Bonchev–Trinajstić information content (AvgIpc) is 2.91. The number of nitrogens with one attached hydrogen (secondary N) is 3. The number of thioether (sulfide) groups is 1. The summed E-state index contributed by atoms with van der Waals surface area (Å²) in [5.74, 6) is -4.67. The van der Waals surface area contributed by atoms with Crippen molar-refractivity contribution in [1.29, 1.82) is 0 Å². The van der Waals surface area contributed by atoms with Gasteiger partial charge in [0.25, 0.3) is 0 Å². The van der Waals surface area contributed by atoms with Crippen LogP contribution in [0.5, 0.6) is 5.75 Å². The first-order chi connectivity index (χ1) is 19.0. The van der Waals surface area contributed by atoms with E-state index in [1.54, 1.807) is 48.7 Å². The first-order valence-corrected chi connectivity index (χ1v) is 13.8. The molecule has 0 heterocycles. The number of nitrogens with two attached hydrogens (primary N) is 1. The molecule has 0 aliphatic rings. The molecule has 0 aromatic heterocycles. The molecular weight excluding hydrogens is 540 g/mol. The Bertz CT molecular complexity index is 1160. The van der Waals surface area contributed by atoms with Gasteiger partial charge >= 0.3 is 11.9 Å². The first-order valence-electron chi connectivity index (χ1n) is 12.4. The zero-order valence-corrected chi connectivity index (χ0v) is 22.7. The van der Waals surface area contributed by atoms with Gasteiger partial charge in [0.05, 0.1) is 12.5 Å². The minimum atomic E-state index is -1.60. The minimum absolute atomic E-state index is 0.0111. The molecule has 0 saturated carbocycles. The van der Waals surface area contributed by atoms with Crippen LogP contribution in [-0.4, -0.2) is 81.2 Å². The fourth-order valence-corrected chi connectivity index (χ4v) is 4.21. The number of rotatable bonds is 16. The van der Waals surface area contributed by atoms with Crippen molar-refractivity contribution in [2.45, 2.75) is 49.9 Å². The lowest BCUT2D eigenvalue weighted by Crippen LogP contribution is -2.58. The molecule has 8 N–H and O–H groups in total. The average molecular weight is 575 g/mol. The van der Waals surface area contributed by atoms with E-state index in [-0.39, 0.29) is 25.0 Å². The molecule has 0 saturated heterocycles. The van der Waals surface area contributed by atoms with Crippen LogP contribution in [0.25, 0.3) is 0 Å². The summed E-state index contributed by atoms with van der Waals surface area (Å²) in [5, 5.41) is 35.4. The molecule has 13 heteroatoms. The number of hydrogen-bond donors (Lipinski definition) is 7. The number of hydrogen-bond acceptors (Lipinski definition) is 8. The highest BCUT2D eigenvalue weighted by Gasteiger charge is 2.31. The molecule has 2 aromatic carbocycles. The molecule has 0 bridgehead atoms. The summed E-state index contributed by atoms with van der Waals surface area (Å²) in [7, 11) is 0. The molecule has 216 valence electrons. The van der Waals surface area contributed by atoms with Crippen LogP contribution < -0.4 is 21.7 Å². The van der Waals surface area contributed by atoms with Crippen molar-refractivity contribution in [3.05, 3.63) is 65.7 Å². The number of carbonyl (C=O) groups excluding carboxylic acids is 3. The zero-order chi connectivity index (χ0) is 29.7. The predicted octanol–water partition coefficient (Wildman–Crippen LogP) is 0.272. The van der Waals surface area contributed by atoms with E-state index in [1.165, 1.54) is 23.9 Å². The fourth-order valence-electron chi connectivity index (χ4n) is 3.74. The van der Waals surface area contributed by atoms with E-state index in [4.69, 9.17) is 5.73 Å². The van der Waals surface area contributed by atoms with Crippen LogP contribution in [0.1, 0.15) is 24.0 Å². The normalized spacial score (nSPS) is 13.8. The Morgan fingerprint density at radius 3 is 1.90 bits per heavy atom. The Hall–Kier alpha value is -4.10. The van der Waals surface area contributed by atoms with Gasteiger partial charge in [-0.25, -0.2) is 4.79 Å². The van der Waals surface area contributed by atoms with Crippen LogP contribution >= 0.6 is 11.8 Å². The van der Waals surface area contributed by atoms with Crippen LogP contribution in [0, 0.1) is 0 Å². The largest absolute Gasteiger partial charge is 0.508 e. The number of carbonyl (C=O) groups is 5. The Balaban J connectivity index is 2.20. The molecule has 2 rings (SSSR count). The van der Waals surface area contributed by atoms with Gasteiger partial charge < -0.3 is 37.0 Å². The monoisotopic (exact) mass is 574 g/mol. The van der Waals surface area contributed by atoms with E-state index >= 15 is 0 Å². The number of phenols is 1. The van der Waals surface area contributed by atoms with E-state index in [2.05, 4.69) is 16.0 Å². The second-order valence-electron chi connectivity index (χ2n) is 9.07. The lowest BCUT2D eigenvalue weighted by atomic mass is 10.0. The summed E-state index contributed by atoms with van der Waals surface area (Å²) < 4.78 is 0. The van der Waals surface area contributed by atoms with E-state index in [0.29, 0.717) is 16.9 Å². The molecule has 2 aromatic rings. The second kappa shape index (κ2) is 16.1. The van der Waals surface area contributed by atoms with Crippen LogP contribution in [0.2, 0.25) is 0 Å². The summed E-state index contributed by atoms with van der Waals surface area (Å²) in [4.78, 5) is 62.1. The standard InChI is InChI=1S/C27H34N4O8S/c1-40-12-11-20(27(38)39)29-26(37)22(15-23(33)34)31-25(36)21(14-16-5-3-2-4-6-16)30-24(35)19(28)13-17-7-9-18(32)10-8-17/h2-10,19-22,32H,11-15,28H2,1H3,(H,29,37)(H,30,35)(H,31,36)(H,33,34)(H,38,39). The van der Waals surface area contributed by atoms with Gasteiger partial charge in [-0.1, -0.05) is 42.5 Å². The molecule has 12 nitrogen and oxygen atoms in total. The number of amides is 3. The quantitative estimate of drug-likeness (QED) is 0.146. The van der Waals surface area contributed by atoms with Gasteiger partial charge in [0, 0.05) is 6.42 Å². The number of aliphatic carboxylic acids is 2. The SMILES string of the molecule is CSCCC(NC(=O)C(CC(=O)O)NC(=O)C(Cc1ccccc1)NC(=O)C(N)Cc1ccc(O)cc1)C(=O)O. The number of aromatic hydroxyl groups is 1. The summed E-state index contributed by atoms with van der Waals surface area (Å²) in [6, 6.07) is 9.68. The molecule has 0 aliphatic carbocycles. The summed E-state index contributed by atoms with van der Waals surface area (Å²) in [6.07, 6.45) is 1.19. The molecule has 0 radical (unpaired) electrons. The van der Waals surface area contributed by atoms with E-state index in [1.807, 2.05) is 0 Å². The number of benzene rings is 2. The van der Waals surface area contributed by atoms with Crippen molar-refractivity contribution in [3.8, 4) is 5.75 Å². The molecule has 4 atom stereocenters. The molecular formula is C27H34N4O8S. The fraction of sp³-hybridized carbons (Fsp3) is 0.370. The highest BCUT2D eigenvalue weighted by atomic mass is 32.2. The highest BCUT2D eigenvalue weighted by Crippen LogP contribution is 2.12. The van der Waals surface area contributed by atoms with Gasteiger partial charge in [0.15, 0.2) is 0 Å². The van der Waals surface area contributed by atoms with Gasteiger partial charge in [-0.15, -0.1) is 0 Å². The third-order valence-corrected chi connectivity index (χ3v) is 6.53. The number of carboxylic acid groups (broad SMARTS) is 2. The van der Waals surface area contributed by atoms with Crippen LogP contribution in [0.4, 0.5) is 0 Å². The van der Waals surface area contributed by atoms with Crippen molar-refractivity contribution in [2.24, 2.45) is 5.73 Å². The van der Waals surface area contributed by atoms with Crippen LogP contribution in [-0.2, 0) is 36.8 Å². The van der Waals surface area contributed by atoms with Crippen molar-refractivity contribution in [1.82, 2.24) is 16.0 Å². The molecule has 0 spiro atoms. The molecule has 40 heavy (non-hydrogen) atoms. The maximum atomic E-state index is 13.3. The minimum Gasteiger partial charge on any atom is -0.508 e. The second-order valence-corrected chi connectivity index (χ2v) is 10.1. The van der Waals surface area contributed by atoms with Crippen molar-refractivity contribution in [2.75, 3.05) is 12.0 Å². The van der Waals surface area contributed by atoms with Gasteiger partial charge in [-0.05, 0) is 48.1 Å². The van der Waals surface area contributed by atoms with Gasteiger partial charge in [0.1, 0.15) is 23.9 Å². The maximum absolute atomic E-state index is 13.3. The predicted molar refractivity (Wildman–Crippen MR) is 149 cm³/mol. The summed E-state index contributed by atoms with van der Waals surface area (Å²) >= 11 is 1.38. The zero-order valence-electron chi connectivity index (χ0n) is 21.9. The first kappa shape index (κ1) is 32.1. The lowest BCUT2D eigenvalue weighted by Gasteiger charge is -2.25. The third-order valence-electron chi connectivity index (χ3n) is 5.88. The summed E-state index contributed by atoms with van der Waals surface area (Å²) in [6.45, 7) is 0. The maximum Gasteiger partial charge on any atom is 0.326 e. The van der Waals surface area contributed by atoms with E-state index < -0.39 is 60.2 Å². The lowest BCUT2D eigenvalue weighted by molar-refractivity contribution is -0.143. The highest BCUT2D eigenvalue weighted by molar-refractivity contribution is 7.98. The third kappa shape index (κ3) is 10.9. The Morgan fingerprint density at radius 2 is 1.32 bits per heavy atom. The van der Waals surface area contributed by atoms with Crippen molar-refractivity contribution >= 4 is 41.4 Å². The molecule has 0 fully saturated rings. The Kier molecular flexibility index (Phi) is 12.9. The number of carboxylic acids is 2. The number of phenolic OH excluding ortho intramolecular Hbond substituents is 1. The molecule has 4 unspecified atom stereocenters. The molecule has 3 amide bonds. The van der Waals surface area contributed by atoms with Gasteiger partial charge in [-0.2, -0.15) is 11.8 Å². The van der Waals surface area contributed by atoms with Crippen molar-refractivity contribution < 1.29 is 39.3 Å². The van der Waals surface area contributed by atoms with E-state index in [0.717, 1.165) is 0 Å². The smallest absolute Gasteiger partial charge is 0.326 e. The van der Waals surface area contributed by atoms with Crippen LogP contribution in [0.3, 0.4) is 0 Å². The van der Waals surface area contributed by atoms with Gasteiger partial charge in [-0.3, -0.25) is 19.2 Å². The van der Waals surface area contributed by atoms with E-state index in [9.17, 15) is 39.3 Å². The summed E-state index contributed by atoms with van der Waals surface area (Å²) in [5.41, 5.74) is 7.42. The Morgan fingerprint density at radius 1 is 0.775 bits per heavy atom. The van der Waals surface area contributed by atoms with Crippen LogP contribution in [0.15, 0.2) is 54.6 Å². The Labute approximate surface area is 235 Å². The molecule has 0 aliphatic heterocycles. The topological polar surface area (TPSA) is 208 Å². The van der Waals surface area contributed by atoms with Crippen molar-refractivity contribution in [3.63, 3.8) is 0 Å². The van der Waals surface area contributed by atoms with Gasteiger partial charge in [0.2, 0.25) is 17.7 Å².